The third-order valence-electron chi connectivity index (χ3n) is 1.18. The number of hydrogen-bond donors (Lipinski definition) is 0. The Morgan fingerprint density at radius 2 is 1.91 bits per heavy atom. The van der Waals surface area contributed by atoms with Crippen LogP contribution in [0.5, 0.6) is 0 Å². The van der Waals surface area contributed by atoms with Crippen molar-refractivity contribution in [2.45, 2.75) is 0 Å². The van der Waals surface area contributed by atoms with Gasteiger partial charge in [-0.15, -0.1) is 3.82 Å². The largest absolute Gasteiger partial charge is 0.371 e. The summed E-state index contributed by atoms with van der Waals surface area (Å²) in [6, 6.07) is 0. The van der Waals surface area contributed by atoms with Gasteiger partial charge >= 0.3 is 0 Å². The zero-order valence-corrected chi connectivity index (χ0v) is 8.87. The summed E-state index contributed by atoms with van der Waals surface area (Å²) in [4.78, 5) is 2.11. The highest BCUT2D eigenvalue weighted by atomic mass is 32.2. The molecule has 0 unspecified atom stereocenters. The van der Waals surface area contributed by atoms with Crippen molar-refractivity contribution < 1.29 is 0 Å². The highest BCUT2D eigenvalue weighted by Gasteiger charge is 2.18. The molecule has 0 fully saturated rings. The highest BCUT2D eigenvalue weighted by Crippen LogP contribution is 2.39. The summed E-state index contributed by atoms with van der Waals surface area (Å²) in [7, 11) is 8.18. The average molecular weight is 191 g/mol. The van der Waals surface area contributed by atoms with Crippen molar-refractivity contribution >= 4 is 23.9 Å². The molecule has 0 N–H and O–H groups in total. The van der Waals surface area contributed by atoms with Gasteiger partial charge in [0, 0.05) is 45.5 Å². The van der Waals surface area contributed by atoms with Crippen molar-refractivity contribution in [1.82, 2.24) is 13.7 Å². The number of rotatable bonds is 2. The minimum atomic E-state index is 1.28. The Morgan fingerprint density at radius 3 is 2.18 bits per heavy atom. The van der Waals surface area contributed by atoms with E-state index < -0.39 is 0 Å². The third-order valence-corrected chi connectivity index (χ3v) is 3.80. The standard InChI is InChI=1S/C6H13N3S2/c1-7(2)6-5-10-9(11-6)8(3)4/h5H,1-4H3. The molecule has 0 atom stereocenters. The first-order valence-electron chi connectivity index (χ1n) is 3.31. The second-order valence-electron chi connectivity index (χ2n) is 2.63. The fourth-order valence-corrected chi connectivity index (χ4v) is 2.47. The Labute approximate surface area is 76.6 Å². The van der Waals surface area contributed by atoms with Gasteiger partial charge in [0.1, 0.15) is 0 Å². The van der Waals surface area contributed by atoms with Gasteiger partial charge in [-0.2, -0.15) is 0 Å². The molecule has 1 aliphatic heterocycles. The Balaban J connectivity index is 2.43. The van der Waals surface area contributed by atoms with Crippen LogP contribution in [0.1, 0.15) is 0 Å². The minimum Gasteiger partial charge on any atom is -0.371 e. The number of nitrogens with zero attached hydrogens (tertiary/aromatic N) is 3. The predicted octanol–water partition coefficient (Wildman–Crippen LogP) is 1.44. The second kappa shape index (κ2) is 3.71. The van der Waals surface area contributed by atoms with Crippen LogP contribution in [-0.2, 0) is 0 Å². The van der Waals surface area contributed by atoms with Crippen molar-refractivity contribution in [1.29, 1.82) is 0 Å². The van der Waals surface area contributed by atoms with Crippen LogP contribution in [0.15, 0.2) is 10.4 Å². The molecule has 0 aromatic rings. The summed E-state index contributed by atoms with van der Waals surface area (Å²) >= 11 is 3.44. The van der Waals surface area contributed by atoms with E-state index in [9.17, 15) is 0 Å². The normalized spacial score (nSPS) is 19.2. The molecular weight excluding hydrogens is 178 g/mol. The SMILES string of the molecule is CN(C)C1=CSN(N(C)C)S1. The van der Waals surface area contributed by atoms with Gasteiger partial charge in [-0.3, -0.25) is 0 Å². The topological polar surface area (TPSA) is 9.72 Å². The fraction of sp³-hybridized carbons (Fsp3) is 0.667. The zero-order valence-electron chi connectivity index (χ0n) is 7.24. The molecule has 0 radical (unpaired) electrons. The summed E-state index contributed by atoms with van der Waals surface area (Å²) < 4.78 is 2.12. The monoisotopic (exact) mass is 191 g/mol. The summed E-state index contributed by atoms with van der Waals surface area (Å²) in [5.74, 6) is 0. The van der Waals surface area contributed by atoms with Gasteiger partial charge in [-0.1, -0.05) is 0 Å². The van der Waals surface area contributed by atoms with Crippen molar-refractivity contribution in [2.24, 2.45) is 0 Å². The molecule has 0 amide bonds. The van der Waals surface area contributed by atoms with Crippen molar-refractivity contribution in [3.63, 3.8) is 0 Å². The molecule has 1 aliphatic rings. The van der Waals surface area contributed by atoms with Crippen LogP contribution in [0.25, 0.3) is 0 Å². The molecule has 0 bridgehead atoms. The Bertz CT molecular complexity index is 167. The molecular formula is C6H13N3S2. The summed E-state index contributed by atoms with van der Waals surface area (Å²) in [6.45, 7) is 0. The van der Waals surface area contributed by atoms with Crippen LogP contribution in [-0.4, -0.2) is 41.9 Å². The zero-order chi connectivity index (χ0) is 8.43. The van der Waals surface area contributed by atoms with E-state index in [1.807, 2.05) is 14.1 Å². The summed E-state index contributed by atoms with van der Waals surface area (Å²) in [6.07, 6.45) is 0. The molecule has 0 aromatic carbocycles. The maximum absolute atomic E-state index is 2.14. The van der Waals surface area contributed by atoms with Gasteiger partial charge in [0.2, 0.25) is 0 Å². The molecule has 0 aromatic heterocycles. The van der Waals surface area contributed by atoms with Crippen molar-refractivity contribution in [3.05, 3.63) is 10.4 Å². The Hall–Kier alpha value is 0.160. The Kier molecular flexibility index (Phi) is 3.12. The first kappa shape index (κ1) is 9.25. The average Bonchev–Trinajstić information content (AvgIpc) is 2.33. The van der Waals surface area contributed by atoms with Crippen LogP contribution >= 0.6 is 23.9 Å². The smallest absolute Gasteiger partial charge is 0.0957 e. The van der Waals surface area contributed by atoms with Gasteiger partial charge in [-0.25, -0.2) is 5.01 Å². The first-order valence-corrected chi connectivity index (χ1v) is 4.92. The summed E-state index contributed by atoms with van der Waals surface area (Å²) in [5, 5.41) is 5.48. The molecule has 11 heavy (non-hydrogen) atoms. The second-order valence-corrected chi connectivity index (χ2v) is 4.60. The van der Waals surface area contributed by atoms with Crippen LogP contribution in [0.2, 0.25) is 0 Å². The van der Waals surface area contributed by atoms with Gasteiger partial charge in [0.15, 0.2) is 0 Å². The van der Waals surface area contributed by atoms with Gasteiger partial charge in [-0.05, 0) is 11.9 Å². The predicted molar refractivity (Wildman–Crippen MR) is 52.5 cm³/mol. The van der Waals surface area contributed by atoms with E-state index in [1.54, 1.807) is 23.9 Å². The van der Waals surface area contributed by atoms with E-state index >= 15 is 0 Å². The fourth-order valence-electron chi connectivity index (χ4n) is 0.576. The van der Waals surface area contributed by atoms with E-state index in [-0.39, 0.29) is 0 Å². The van der Waals surface area contributed by atoms with E-state index in [4.69, 9.17) is 0 Å². The maximum Gasteiger partial charge on any atom is 0.0957 e. The van der Waals surface area contributed by atoms with Gasteiger partial charge in [0.25, 0.3) is 0 Å². The van der Waals surface area contributed by atoms with Crippen molar-refractivity contribution in [2.75, 3.05) is 28.2 Å². The number of hydrazine groups is 1. The molecule has 1 heterocycles. The molecule has 0 saturated heterocycles. The van der Waals surface area contributed by atoms with Crippen LogP contribution < -0.4 is 0 Å². The number of hydrogen-bond acceptors (Lipinski definition) is 5. The molecule has 3 nitrogen and oxygen atoms in total. The highest BCUT2D eigenvalue weighted by molar-refractivity contribution is 8.18. The van der Waals surface area contributed by atoms with Gasteiger partial charge in [0.05, 0.1) is 5.03 Å². The first-order chi connectivity index (χ1) is 5.11. The van der Waals surface area contributed by atoms with E-state index in [2.05, 4.69) is 33.2 Å². The lowest BCUT2D eigenvalue weighted by Crippen LogP contribution is -2.23. The van der Waals surface area contributed by atoms with E-state index in [1.165, 1.54) is 5.03 Å². The van der Waals surface area contributed by atoms with Crippen molar-refractivity contribution in [3.8, 4) is 0 Å². The van der Waals surface area contributed by atoms with Gasteiger partial charge < -0.3 is 4.90 Å². The van der Waals surface area contributed by atoms with Crippen LogP contribution in [0, 0.1) is 0 Å². The lowest BCUT2D eigenvalue weighted by molar-refractivity contribution is 0.263. The third kappa shape index (κ3) is 2.30. The Morgan fingerprint density at radius 1 is 1.27 bits per heavy atom. The van der Waals surface area contributed by atoms with Crippen LogP contribution in [0.3, 0.4) is 0 Å². The molecule has 1 rings (SSSR count). The maximum atomic E-state index is 2.14. The molecule has 0 saturated carbocycles. The minimum absolute atomic E-state index is 1.28. The lowest BCUT2D eigenvalue weighted by atomic mass is 10.8. The molecule has 0 spiro atoms. The van der Waals surface area contributed by atoms with E-state index in [0.717, 1.165) is 0 Å². The van der Waals surface area contributed by atoms with E-state index in [0.29, 0.717) is 0 Å². The molecule has 5 heteroatoms. The quantitative estimate of drug-likeness (QED) is 0.609. The summed E-state index contributed by atoms with van der Waals surface area (Å²) in [5.41, 5.74) is 0. The lowest BCUT2D eigenvalue weighted by Gasteiger charge is -2.21. The van der Waals surface area contributed by atoms with Crippen LogP contribution in [0.4, 0.5) is 0 Å². The molecule has 0 aliphatic carbocycles. The molecule has 64 valence electrons.